The van der Waals surface area contributed by atoms with Crippen LogP contribution in [0, 0.1) is 5.41 Å². The van der Waals surface area contributed by atoms with Gasteiger partial charge in [0.05, 0.1) is 7.11 Å². The third-order valence-corrected chi connectivity index (χ3v) is 2.29. The summed E-state index contributed by atoms with van der Waals surface area (Å²) in [4.78, 5) is 11.7. The van der Waals surface area contributed by atoms with Gasteiger partial charge in [0.2, 0.25) is 0 Å². The van der Waals surface area contributed by atoms with Gasteiger partial charge in [0, 0.05) is 11.0 Å². The first-order valence-corrected chi connectivity index (χ1v) is 5.30. The molecule has 86 valence electrons. The summed E-state index contributed by atoms with van der Waals surface area (Å²) in [5.41, 5.74) is 0.584. The number of carbonyl (C=O) groups excluding carboxylic acids is 1. The van der Waals surface area contributed by atoms with Gasteiger partial charge in [-0.25, -0.2) is 0 Å². The number of ketones is 1. The number of carbonyl (C=O) groups is 1. The number of hydrogen-bond donors (Lipinski definition) is 0. The Balaban J connectivity index is 2.88. The highest BCUT2D eigenvalue weighted by molar-refractivity contribution is 5.97. The van der Waals surface area contributed by atoms with E-state index in [4.69, 9.17) is 4.74 Å². The van der Waals surface area contributed by atoms with E-state index in [1.54, 1.807) is 19.3 Å². The number of ether oxygens (including phenoxy) is 1. The third kappa shape index (κ3) is 3.23. The van der Waals surface area contributed by atoms with Crippen LogP contribution in [0.3, 0.4) is 0 Å². The van der Waals surface area contributed by atoms with Crippen LogP contribution >= 0.6 is 0 Å². The first-order chi connectivity index (χ1) is 7.45. The average molecular weight is 218 g/mol. The molecule has 0 aliphatic carbocycles. The van der Waals surface area contributed by atoms with E-state index in [9.17, 15) is 4.79 Å². The van der Waals surface area contributed by atoms with Crippen molar-refractivity contribution in [2.75, 3.05) is 7.11 Å². The normalized spacial score (nSPS) is 11.8. The number of allylic oxidation sites excluding steroid dienone is 1. The van der Waals surface area contributed by atoms with E-state index in [0.29, 0.717) is 0 Å². The lowest BCUT2D eigenvalue weighted by molar-refractivity contribution is -0.121. The molecule has 2 nitrogen and oxygen atoms in total. The lowest BCUT2D eigenvalue weighted by Crippen LogP contribution is -2.17. The van der Waals surface area contributed by atoms with Crippen LogP contribution < -0.4 is 4.74 Å². The van der Waals surface area contributed by atoms with E-state index in [2.05, 4.69) is 0 Å². The summed E-state index contributed by atoms with van der Waals surface area (Å²) < 4.78 is 5.20. The third-order valence-electron chi connectivity index (χ3n) is 2.29. The van der Waals surface area contributed by atoms with Gasteiger partial charge in [-0.2, -0.15) is 0 Å². The number of para-hydroxylation sites is 1. The Hall–Kier alpha value is -1.57. The molecule has 0 saturated heterocycles. The van der Waals surface area contributed by atoms with Crippen LogP contribution in [-0.4, -0.2) is 12.9 Å². The van der Waals surface area contributed by atoms with E-state index in [-0.39, 0.29) is 11.2 Å². The molecule has 0 fully saturated rings. The smallest absolute Gasteiger partial charge is 0.161 e. The molecule has 1 aromatic carbocycles. The fraction of sp³-hybridized carbons (Fsp3) is 0.357. The predicted octanol–water partition coefficient (Wildman–Crippen LogP) is 3.32. The molecule has 0 saturated carbocycles. The molecule has 0 heterocycles. The van der Waals surface area contributed by atoms with Gasteiger partial charge in [-0.05, 0) is 18.2 Å². The number of rotatable bonds is 3. The molecule has 0 aliphatic heterocycles. The Kier molecular flexibility index (Phi) is 3.88. The highest BCUT2D eigenvalue weighted by Gasteiger charge is 2.17. The van der Waals surface area contributed by atoms with Crippen LogP contribution in [0.25, 0.3) is 6.08 Å². The van der Waals surface area contributed by atoms with Crippen molar-refractivity contribution in [1.82, 2.24) is 0 Å². The molecule has 16 heavy (non-hydrogen) atoms. The number of methoxy groups -OCH3 is 1. The first kappa shape index (κ1) is 12.5. The molecule has 2 heteroatoms. The fourth-order valence-electron chi connectivity index (χ4n) is 1.22. The van der Waals surface area contributed by atoms with Crippen LogP contribution in [0.5, 0.6) is 5.75 Å². The summed E-state index contributed by atoms with van der Waals surface area (Å²) in [6.07, 6.45) is 3.41. The monoisotopic (exact) mass is 218 g/mol. The summed E-state index contributed by atoms with van der Waals surface area (Å²) >= 11 is 0. The summed E-state index contributed by atoms with van der Waals surface area (Å²) in [5.74, 6) is 0.888. The Morgan fingerprint density at radius 1 is 1.25 bits per heavy atom. The minimum absolute atomic E-state index is 0.110. The largest absolute Gasteiger partial charge is 0.496 e. The average Bonchev–Trinajstić information content (AvgIpc) is 2.24. The maximum atomic E-state index is 11.7. The first-order valence-electron chi connectivity index (χ1n) is 5.30. The van der Waals surface area contributed by atoms with Crippen molar-refractivity contribution in [3.05, 3.63) is 35.9 Å². The molecule has 0 N–H and O–H groups in total. The Bertz CT molecular complexity index is 397. The second kappa shape index (κ2) is 4.97. The maximum absolute atomic E-state index is 11.7. The van der Waals surface area contributed by atoms with Crippen molar-refractivity contribution in [3.8, 4) is 5.75 Å². The SMILES string of the molecule is COc1ccccc1C=CC(=O)C(C)(C)C. The van der Waals surface area contributed by atoms with E-state index >= 15 is 0 Å². The molecule has 1 aromatic rings. The highest BCUT2D eigenvalue weighted by Crippen LogP contribution is 2.20. The zero-order valence-electron chi connectivity index (χ0n) is 10.3. The van der Waals surface area contributed by atoms with Crippen molar-refractivity contribution in [2.45, 2.75) is 20.8 Å². The summed E-state index contributed by atoms with van der Waals surface area (Å²) in [6.45, 7) is 5.71. The maximum Gasteiger partial charge on any atom is 0.161 e. The molecule has 0 atom stereocenters. The van der Waals surface area contributed by atoms with Crippen molar-refractivity contribution in [2.24, 2.45) is 5.41 Å². The molecule has 0 spiro atoms. The number of benzene rings is 1. The molecule has 0 radical (unpaired) electrons. The molecule has 0 amide bonds. The van der Waals surface area contributed by atoms with Crippen molar-refractivity contribution >= 4 is 11.9 Å². The standard InChI is InChI=1S/C14H18O2/c1-14(2,3)13(15)10-9-11-7-5-6-8-12(11)16-4/h5-10H,1-4H3. The topological polar surface area (TPSA) is 26.3 Å². The van der Waals surface area contributed by atoms with Crippen LogP contribution in [0.15, 0.2) is 30.3 Å². The van der Waals surface area contributed by atoms with E-state index in [1.165, 1.54) is 0 Å². The molecular weight excluding hydrogens is 200 g/mol. The number of hydrogen-bond acceptors (Lipinski definition) is 2. The minimum Gasteiger partial charge on any atom is -0.496 e. The van der Waals surface area contributed by atoms with E-state index in [1.807, 2.05) is 45.0 Å². The van der Waals surface area contributed by atoms with Crippen LogP contribution in [0.4, 0.5) is 0 Å². The molecule has 0 aliphatic rings. The Labute approximate surface area is 96.9 Å². The lowest BCUT2D eigenvalue weighted by atomic mass is 9.90. The predicted molar refractivity (Wildman–Crippen MR) is 66.5 cm³/mol. The van der Waals surface area contributed by atoms with E-state index < -0.39 is 0 Å². The van der Waals surface area contributed by atoms with Crippen molar-refractivity contribution < 1.29 is 9.53 Å². The van der Waals surface area contributed by atoms with Crippen molar-refractivity contribution in [1.29, 1.82) is 0 Å². The summed E-state index contributed by atoms with van der Waals surface area (Å²) in [7, 11) is 1.62. The second-order valence-corrected chi connectivity index (χ2v) is 4.69. The Morgan fingerprint density at radius 2 is 1.88 bits per heavy atom. The van der Waals surface area contributed by atoms with Gasteiger partial charge >= 0.3 is 0 Å². The summed E-state index contributed by atoms with van der Waals surface area (Å²) in [6, 6.07) is 7.62. The van der Waals surface area contributed by atoms with Crippen LogP contribution in [0.1, 0.15) is 26.3 Å². The van der Waals surface area contributed by atoms with Gasteiger partial charge < -0.3 is 4.74 Å². The molecular formula is C14H18O2. The van der Waals surface area contributed by atoms with Gasteiger partial charge in [-0.3, -0.25) is 4.79 Å². The zero-order chi connectivity index (χ0) is 12.2. The Morgan fingerprint density at radius 3 is 2.44 bits per heavy atom. The van der Waals surface area contributed by atoms with Gasteiger partial charge in [0.15, 0.2) is 5.78 Å². The fourth-order valence-corrected chi connectivity index (χ4v) is 1.22. The highest BCUT2D eigenvalue weighted by atomic mass is 16.5. The minimum atomic E-state index is -0.335. The quantitative estimate of drug-likeness (QED) is 0.727. The zero-order valence-corrected chi connectivity index (χ0v) is 10.3. The molecule has 1 rings (SSSR count). The molecule has 0 unspecified atom stereocenters. The van der Waals surface area contributed by atoms with E-state index in [0.717, 1.165) is 11.3 Å². The van der Waals surface area contributed by atoms with Crippen LogP contribution in [-0.2, 0) is 4.79 Å². The molecule has 0 aromatic heterocycles. The second-order valence-electron chi connectivity index (χ2n) is 4.69. The van der Waals surface area contributed by atoms with Gasteiger partial charge in [-0.15, -0.1) is 0 Å². The van der Waals surface area contributed by atoms with Gasteiger partial charge in [-0.1, -0.05) is 39.0 Å². The molecule has 0 bridgehead atoms. The summed E-state index contributed by atoms with van der Waals surface area (Å²) in [5, 5.41) is 0. The van der Waals surface area contributed by atoms with Crippen LogP contribution in [0.2, 0.25) is 0 Å². The van der Waals surface area contributed by atoms with Gasteiger partial charge in [0.25, 0.3) is 0 Å². The van der Waals surface area contributed by atoms with Crippen molar-refractivity contribution in [3.63, 3.8) is 0 Å². The van der Waals surface area contributed by atoms with Gasteiger partial charge in [0.1, 0.15) is 5.75 Å². The lowest BCUT2D eigenvalue weighted by Gasteiger charge is -2.13.